The van der Waals surface area contributed by atoms with E-state index in [0.717, 1.165) is 28.1 Å². The molecule has 4 rings (SSSR count). The maximum Gasteiger partial charge on any atom is 0.126 e. The number of nitrogens with zero attached hydrogens (tertiary/aromatic N) is 1. The fourth-order valence-corrected chi connectivity index (χ4v) is 3.24. The van der Waals surface area contributed by atoms with E-state index < -0.39 is 0 Å². The molecule has 4 aromatic rings. The van der Waals surface area contributed by atoms with Crippen LogP contribution in [0.3, 0.4) is 0 Å². The maximum absolute atomic E-state index is 6.27. The first kappa shape index (κ1) is 17.4. The van der Waals surface area contributed by atoms with Gasteiger partial charge < -0.3 is 10.1 Å². The van der Waals surface area contributed by atoms with Crippen molar-refractivity contribution >= 4 is 28.2 Å². The second kappa shape index (κ2) is 8.11. The van der Waals surface area contributed by atoms with Gasteiger partial charge in [-0.05, 0) is 35.0 Å². The van der Waals surface area contributed by atoms with Crippen molar-refractivity contribution in [2.75, 3.05) is 5.32 Å². The van der Waals surface area contributed by atoms with Gasteiger partial charge in [-0.1, -0.05) is 66.2 Å². The van der Waals surface area contributed by atoms with Gasteiger partial charge in [-0.25, -0.2) is 4.98 Å². The molecule has 0 bridgehead atoms. The minimum absolute atomic E-state index is 0.425. The Morgan fingerprint density at radius 2 is 1.67 bits per heavy atom. The minimum Gasteiger partial charge on any atom is -0.488 e. The summed E-state index contributed by atoms with van der Waals surface area (Å²) in [7, 11) is 0. The van der Waals surface area contributed by atoms with Crippen LogP contribution in [0.1, 0.15) is 11.1 Å². The van der Waals surface area contributed by atoms with E-state index in [1.54, 1.807) is 6.20 Å². The molecule has 4 heteroatoms. The van der Waals surface area contributed by atoms with E-state index in [-0.39, 0.29) is 0 Å². The molecule has 0 aliphatic carbocycles. The first-order valence-electron chi connectivity index (χ1n) is 8.83. The van der Waals surface area contributed by atoms with Crippen LogP contribution in [0.15, 0.2) is 85.1 Å². The number of fused-ring (bicyclic) bond motifs is 1. The quantitative estimate of drug-likeness (QED) is 0.444. The molecule has 0 atom stereocenters. The van der Waals surface area contributed by atoms with Crippen molar-refractivity contribution in [3.8, 4) is 5.75 Å². The molecule has 134 valence electrons. The third-order valence-corrected chi connectivity index (χ3v) is 4.82. The van der Waals surface area contributed by atoms with Crippen LogP contribution in [0.2, 0.25) is 5.02 Å². The molecule has 0 saturated carbocycles. The number of pyridine rings is 1. The number of benzene rings is 3. The molecular formula is C23H19ClN2O. The number of hydrogen-bond acceptors (Lipinski definition) is 3. The highest BCUT2D eigenvalue weighted by Crippen LogP contribution is 2.30. The fraction of sp³-hybridized carbons (Fsp3) is 0.0870. The van der Waals surface area contributed by atoms with Crippen molar-refractivity contribution < 1.29 is 4.74 Å². The van der Waals surface area contributed by atoms with Crippen molar-refractivity contribution in [2.45, 2.75) is 13.2 Å². The highest BCUT2D eigenvalue weighted by atomic mass is 35.5. The summed E-state index contributed by atoms with van der Waals surface area (Å²) in [5, 5.41) is 6.45. The van der Waals surface area contributed by atoms with Gasteiger partial charge >= 0.3 is 0 Å². The summed E-state index contributed by atoms with van der Waals surface area (Å²) in [5.74, 6) is 1.68. The summed E-state index contributed by atoms with van der Waals surface area (Å²) in [6.45, 7) is 1.05. The maximum atomic E-state index is 6.27. The van der Waals surface area contributed by atoms with Crippen LogP contribution in [0.5, 0.6) is 5.75 Å². The van der Waals surface area contributed by atoms with E-state index >= 15 is 0 Å². The first-order chi connectivity index (χ1) is 13.3. The zero-order valence-electron chi connectivity index (χ0n) is 14.7. The largest absolute Gasteiger partial charge is 0.488 e. The van der Waals surface area contributed by atoms with E-state index in [9.17, 15) is 0 Å². The van der Waals surface area contributed by atoms with E-state index in [1.807, 2.05) is 60.7 Å². The van der Waals surface area contributed by atoms with Gasteiger partial charge in [0.2, 0.25) is 0 Å². The Bertz CT molecular complexity index is 1050. The van der Waals surface area contributed by atoms with Gasteiger partial charge in [-0.3, -0.25) is 0 Å². The van der Waals surface area contributed by atoms with Crippen molar-refractivity contribution in [1.29, 1.82) is 0 Å². The summed E-state index contributed by atoms with van der Waals surface area (Å²) in [6.07, 6.45) is 1.78. The zero-order valence-corrected chi connectivity index (χ0v) is 15.5. The Labute approximate surface area is 163 Å². The van der Waals surface area contributed by atoms with Crippen LogP contribution >= 0.6 is 11.6 Å². The average molecular weight is 375 g/mol. The fourth-order valence-electron chi connectivity index (χ4n) is 3.05. The number of nitrogens with one attached hydrogen (secondary N) is 1. The van der Waals surface area contributed by atoms with Gasteiger partial charge in [0.1, 0.15) is 18.2 Å². The summed E-state index contributed by atoms with van der Waals surface area (Å²) < 4.78 is 6.16. The SMILES string of the molecule is Clc1ccccc1COc1ccc2ccccc2c1CNc1ccccn1. The Balaban J connectivity index is 1.63. The van der Waals surface area contributed by atoms with Crippen molar-refractivity contribution in [2.24, 2.45) is 0 Å². The van der Waals surface area contributed by atoms with Crippen molar-refractivity contribution in [1.82, 2.24) is 4.98 Å². The molecule has 27 heavy (non-hydrogen) atoms. The number of hydrogen-bond donors (Lipinski definition) is 1. The predicted molar refractivity (Wildman–Crippen MR) is 111 cm³/mol. The molecule has 3 aromatic carbocycles. The topological polar surface area (TPSA) is 34.1 Å². The molecule has 3 nitrogen and oxygen atoms in total. The van der Waals surface area contributed by atoms with Crippen LogP contribution in [0, 0.1) is 0 Å². The van der Waals surface area contributed by atoms with Gasteiger partial charge in [0.05, 0.1) is 0 Å². The van der Waals surface area contributed by atoms with Gasteiger partial charge in [-0.2, -0.15) is 0 Å². The second-order valence-electron chi connectivity index (χ2n) is 6.21. The molecule has 1 aromatic heterocycles. The van der Waals surface area contributed by atoms with Crippen molar-refractivity contribution in [3.63, 3.8) is 0 Å². The lowest BCUT2D eigenvalue weighted by Gasteiger charge is -2.16. The normalized spacial score (nSPS) is 10.7. The van der Waals surface area contributed by atoms with Crippen LogP contribution in [0.25, 0.3) is 10.8 Å². The number of anilines is 1. The van der Waals surface area contributed by atoms with Crippen LogP contribution in [-0.4, -0.2) is 4.98 Å². The first-order valence-corrected chi connectivity index (χ1v) is 9.21. The predicted octanol–water partition coefficient (Wildman–Crippen LogP) is 6.08. The van der Waals surface area contributed by atoms with Crippen molar-refractivity contribution in [3.05, 3.63) is 101 Å². The monoisotopic (exact) mass is 374 g/mol. The van der Waals surface area contributed by atoms with Crippen LogP contribution in [-0.2, 0) is 13.2 Å². The highest BCUT2D eigenvalue weighted by molar-refractivity contribution is 6.31. The van der Waals surface area contributed by atoms with Gasteiger partial charge in [0.25, 0.3) is 0 Å². The smallest absolute Gasteiger partial charge is 0.126 e. The lowest BCUT2D eigenvalue weighted by atomic mass is 10.0. The second-order valence-corrected chi connectivity index (χ2v) is 6.62. The van der Waals surface area contributed by atoms with E-state index in [0.29, 0.717) is 18.2 Å². The molecule has 0 amide bonds. The lowest BCUT2D eigenvalue weighted by Crippen LogP contribution is -2.05. The Morgan fingerprint density at radius 3 is 2.52 bits per heavy atom. The highest BCUT2D eigenvalue weighted by Gasteiger charge is 2.10. The minimum atomic E-state index is 0.425. The molecule has 0 aliphatic rings. The van der Waals surface area contributed by atoms with Gasteiger partial charge in [0, 0.05) is 28.9 Å². The molecule has 0 radical (unpaired) electrons. The van der Waals surface area contributed by atoms with E-state index in [4.69, 9.17) is 16.3 Å². The third-order valence-electron chi connectivity index (χ3n) is 4.45. The van der Waals surface area contributed by atoms with Gasteiger partial charge in [-0.15, -0.1) is 0 Å². The van der Waals surface area contributed by atoms with Crippen LogP contribution < -0.4 is 10.1 Å². The molecule has 0 aliphatic heterocycles. The van der Waals surface area contributed by atoms with E-state index in [2.05, 4.69) is 28.5 Å². The summed E-state index contributed by atoms with van der Waals surface area (Å²) in [5.41, 5.74) is 2.07. The number of rotatable bonds is 6. The summed E-state index contributed by atoms with van der Waals surface area (Å²) >= 11 is 6.27. The molecule has 1 heterocycles. The molecule has 1 N–H and O–H groups in total. The molecule has 0 spiro atoms. The number of ether oxygens (including phenoxy) is 1. The average Bonchev–Trinajstić information content (AvgIpc) is 2.72. The zero-order chi connectivity index (χ0) is 18.5. The number of aromatic nitrogens is 1. The molecule has 0 fully saturated rings. The summed E-state index contributed by atoms with van der Waals surface area (Å²) in [6, 6.07) is 26.0. The number of halogens is 1. The lowest BCUT2D eigenvalue weighted by molar-refractivity contribution is 0.304. The third kappa shape index (κ3) is 4.04. The Kier molecular flexibility index (Phi) is 5.22. The Morgan fingerprint density at radius 1 is 0.852 bits per heavy atom. The molecule has 0 unspecified atom stereocenters. The van der Waals surface area contributed by atoms with E-state index in [1.165, 1.54) is 5.39 Å². The Hall–Kier alpha value is -3.04. The molecular weight excluding hydrogens is 356 g/mol. The molecule has 0 saturated heterocycles. The van der Waals surface area contributed by atoms with Gasteiger partial charge in [0.15, 0.2) is 0 Å². The standard InChI is InChI=1S/C23H19ClN2O/c24-21-10-4-2-8-18(21)16-27-22-13-12-17-7-1-3-9-19(17)20(22)15-26-23-11-5-6-14-25-23/h1-14H,15-16H2,(H,25,26). The summed E-state index contributed by atoms with van der Waals surface area (Å²) in [4.78, 5) is 4.34. The van der Waals surface area contributed by atoms with Crippen LogP contribution in [0.4, 0.5) is 5.82 Å².